The van der Waals surface area contributed by atoms with E-state index < -0.39 is 12.1 Å². The fourth-order valence-electron chi connectivity index (χ4n) is 2.42. The van der Waals surface area contributed by atoms with Gasteiger partial charge in [0.15, 0.2) is 10.4 Å². The first-order valence-electron chi connectivity index (χ1n) is 7.17. The zero-order valence-corrected chi connectivity index (χ0v) is 14.1. The van der Waals surface area contributed by atoms with Crippen molar-refractivity contribution in [2.24, 2.45) is 0 Å². The van der Waals surface area contributed by atoms with Gasteiger partial charge in [-0.15, -0.1) is 11.3 Å². The summed E-state index contributed by atoms with van der Waals surface area (Å²) in [4.78, 5) is 29.4. The first kappa shape index (κ1) is 16.2. The summed E-state index contributed by atoms with van der Waals surface area (Å²) in [5, 5.41) is 9.07. The Labute approximate surface area is 141 Å². The SMILES string of the molecule is C[C@@H]1CN(C(=O)CSc2nc3ccccc3s2)CC(C(=O)O)O1. The maximum absolute atomic E-state index is 12.3. The summed E-state index contributed by atoms with van der Waals surface area (Å²) in [6.45, 7) is 2.29. The average Bonchev–Trinajstić information content (AvgIpc) is 2.94. The number of nitrogens with zero attached hydrogens (tertiary/aromatic N) is 2. The minimum Gasteiger partial charge on any atom is -0.479 e. The molecule has 0 saturated carbocycles. The molecule has 1 saturated heterocycles. The van der Waals surface area contributed by atoms with Gasteiger partial charge in [0.1, 0.15) is 0 Å². The van der Waals surface area contributed by atoms with Gasteiger partial charge in [0.25, 0.3) is 0 Å². The lowest BCUT2D eigenvalue weighted by Crippen LogP contribution is -2.52. The third kappa shape index (κ3) is 3.82. The number of hydrogen-bond acceptors (Lipinski definition) is 6. The lowest BCUT2D eigenvalue weighted by atomic mass is 10.2. The van der Waals surface area contributed by atoms with Crippen LogP contribution in [0.1, 0.15) is 6.92 Å². The van der Waals surface area contributed by atoms with Crippen molar-refractivity contribution in [3.63, 3.8) is 0 Å². The maximum atomic E-state index is 12.3. The molecule has 0 bridgehead atoms. The van der Waals surface area contributed by atoms with E-state index in [0.29, 0.717) is 6.54 Å². The number of amides is 1. The number of thiazole rings is 1. The van der Waals surface area contributed by atoms with Gasteiger partial charge in [-0.3, -0.25) is 4.79 Å². The van der Waals surface area contributed by atoms with Gasteiger partial charge in [0.05, 0.1) is 28.6 Å². The molecule has 122 valence electrons. The molecule has 1 aliphatic heterocycles. The van der Waals surface area contributed by atoms with E-state index in [1.54, 1.807) is 23.2 Å². The first-order valence-corrected chi connectivity index (χ1v) is 8.97. The van der Waals surface area contributed by atoms with Crippen LogP contribution in [0, 0.1) is 0 Å². The van der Waals surface area contributed by atoms with E-state index in [-0.39, 0.29) is 24.3 Å². The number of ether oxygens (including phenoxy) is 1. The minimum atomic E-state index is -1.03. The second kappa shape index (κ2) is 6.86. The monoisotopic (exact) mass is 352 g/mol. The maximum Gasteiger partial charge on any atom is 0.334 e. The second-order valence-electron chi connectivity index (χ2n) is 5.31. The van der Waals surface area contributed by atoms with E-state index in [9.17, 15) is 9.59 Å². The van der Waals surface area contributed by atoms with Gasteiger partial charge in [0.2, 0.25) is 5.91 Å². The van der Waals surface area contributed by atoms with Crippen molar-refractivity contribution < 1.29 is 19.4 Å². The molecule has 0 aliphatic carbocycles. The summed E-state index contributed by atoms with van der Waals surface area (Å²) in [6, 6.07) is 7.84. The van der Waals surface area contributed by atoms with Gasteiger partial charge in [0, 0.05) is 6.54 Å². The number of hydrogen-bond donors (Lipinski definition) is 1. The molecule has 1 aliphatic rings. The van der Waals surface area contributed by atoms with Crippen LogP contribution in [-0.2, 0) is 14.3 Å². The summed E-state index contributed by atoms with van der Waals surface area (Å²) >= 11 is 2.94. The van der Waals surface area contributed by atoms with E-state index in [4.69, 9.17) is 9.84 Å². The van der Waals surface area contributed by atoms with Crippen LogP contribution in [0.15, 0.2) is 28.6 Å². The number of carboxylic acid groups (broad SMARTS) is 1. The Balaban J connectivity index is 1.61. The second-order valence-corrected chi connectivity index (χ2v) is 7.56. The number of fused-ring (bicyclic) bond motifs is 1. The molecule has 2 heterocycles. The molecule has 1 amide bonds. The Morgan fingerprint density at radius 1 is 1.43 bits per heavy atom. The van der Waals surface area contributed by atoms with Crippen LogP contribution >= 0.6 is 23.1 Å². The Morgan fingerprint density at radius 2 is 2.22 bits per heavy atom. The number of para-hydroxylation sites is 1. The molecule has 1 unspecified atom stereocenters. The van der Waals surface area contributed by atoms with E-state index in [0.717, 1.165) is 14.6 Å². The molecule has 0 spiro atoms. The molecule has 0 radical (unpaired) electrons. The van der Waals surface area contributed by atoms with Crippen LogP contribution in [0.5, 0.6) is 0 Å². The molecule has 1 fully saturated rings. The lowest BCUT2D eigenvalue weighted by molar-refractivity contribution is -0.165. The van der Waals surface area contributed by atoms with E-state index >= 15 is 0 Å². The predicted molar refractivity (Wildman–Crippen MR) is 88.9 cm³/mol. The topological polar surface area (TPSA) is 79.7 Å². The summed E-state index contributed by atoms with van der Waals surface area (Å²) in [6.07, 6.45) is -1.23. The summed E-state index contributed by atoms with van der Waals surface area (Å²) in [5.74, 6) is -0.873. The molecule has 1 aromatic carbocycles. The molecule has 2 aromatic rings. The lowest BCUT2D eigenvalue weighted by Gasteiger charge is -2.34. The van der Waals surface area contributed by atoms with E-state index in [2.05, 4.69) is 4.98 Å². The normalized spacial score (nSPS) is 21.5. The molecule has 3 rings (SSSR count). The quantitative estimate of drug-likeness (QED) is 0.849. The van der Waals surface area contributed by atoms with Crippen molar-refractivity contribution in [2.45, 2.75) is 23.5 Å². The van der Waals surface area contributed by atoms with Gasteiger partial charge in [-0.05, 0) is 19.1 Å². The Hall–Kier alpha value is -1.64. The number of aliphatic carboxylic acids is 1. The van der Waals surface area contributed by atoms with Crippen molar-refractivity contribution in [1.29, 1.82) is 0 Å². The Morgan fingerprint density at radius 3 is 2.96 bits per heavy atom. The summed E-state index contributed by atoms with van der Waals surface area (Å²) in [7, 11) is 0. The number of rotatable bonds is 4. The summed E-state index contributed by atoms with van der Waals surface area (Å²) < 4.78 is 7.25. The van der Waals surface area contributed by atoms with Gasteiger partial charge >= 0.3 is 5.97 Å². The minimum absolute atomic E-state index is 0.0874. The summed E-state index contributed by atoms with van der Waals surface area (Å²) in [5.41, 5.74) is 0.929. The van der Waals surface area contributed by atoms with Crippen LogP contribution in [0.4, 0.5) is 0 Å². The first-order chi connectivity index (χ1) is 11.0. The smallest absolute Gasteiger partial charge is 0.334 e. The van der Waals surface area contributed by atoms with E-state index in [1.165, 1.54) is 11.8 Å². The van der Waals surface area contributed by atoms with Gasteiger partial charge in [-0.1, -0.05) is 23.9 Å². The molecular weight excluding hydrogens is 336 g/mol. The largest absolute Gasteiger partial charge is 0.479 e. The fraction of sp³-hybridized carbons (Fsp3) is 0.400. The molecule has 23 heavy (non-hydrogen) atoms. The van der Waals surface area contributed by atoms with Crippen LogP contribution in [-0.4, -0.2) is 57.9 Å². The highest BCUT2D eigenvalue weighted by Crippen LogP contribution is 2.29. The number of aromatic nitrogens is 1. The Kier molecular flexibility index (Phi) is 4.84. The average molecular weight is 352 g/mol. The molecular formula is C15H16N2O4S2. The molecule has 1 N–H and O–H groups in total. The number of thioether (sulfide) groups is 1. The van der Waals surface area contributed by atoms with Crippen molar-refractivity contribution in [3.8, 4) is 0 Å². The van der Waals surface area contributed by atoms with Crippen molar-refractivity contribution in [2.75, 3.05) is 18.8 Å². The molecule has 6 nitrogen and oxygen atoms in total. The van der Waals surface area contributed by atoms with E-state index in [1.807, 2.05) is 24.3 Å². The van der Waals surface area contributed by atoms with Crippen molar-refractivity contribution >= 4 is 45.2 Å². The third-order valence-electron chi connectivity index (χ3n) is 3.48. The predicted octanol–water partition coefficient (Wildman–Crippen LogP) is 2.09. The third-order valence-corrected chi connectivity index (χ3v) is 5.65. The van der Waals surface area contributed by atoms with Crippen molar-refractivity contribution in [1.82, 2.24) is 9.88 Å². The number of carboxylic acids is 1. The van der Waals surface area contributed by atoms with Gasteiger partial charge in [-0.2, -0.15) is 0 Å². The highest BCUT2D eigenvalue weighted by Gasteiger charge is 2.32. The number of morpholine rings is 1. The van der Waals surface area contributed by atoms with Crippen LogP contribution < -0.4 is 0 Å². The zero-order valence-electron chi connectivity index (χ0n) is 12.5. The highest BCUT2D eigenvalue weighted by molar-refractivity contribution is 8.01. The molecule has 8 heteroatoms. The molecule has 1 aromatic heterocycles. The molecule has 2 atom stereocenters. The van der Waals surface area contributed by atoms with Gasteiger partial charge < -0.3 is 14.7 Å². The fourth-order valence-corrected chi connectivity index (χ4v) is 4.39. The van der Waals surface area contributed by atoms with Gasteiger partial charge in [-0.25, -0.2) is 9.78 Å². The van der Waals surface area contributed by atoms with Crippen LogP contribution in [0.3, 0.4) is 0 Å². The zero-order chi connectivity index (χ0) is 16.4. The highest BCUT2D eigenvalue weighted by atomic mass is 32.2. The van der Waals surface area contributed by atoms with Crippen LogP contribution in [0.25, 0.3) is 10.2 Å². The Bertz CT molecular complexity index is 700. The number of carbonyl (C=O) groups excluding carboxylic acids is 1. The van der Waals surface area contributed by atoms with Crippen LogP contribution in [0.2, 0.25) is 0 Å². The number of benzene rings is 1. The number of carbonyl (C=O) groups is 2. The van der Waals surface area contributed by atoms with Crippen molar-refractivity contribution in [3.05, 3.63) is 24.3 Å². The standard InChI is InChI=1S/C15H16N2O4S2/c1-9-6-17(7-11(21-9)14(19)20)13(18)8-22-15-16-10-4-2-3-5-12(10)23-15/h2-5,9,11H,6-8H2,1H3,(H,19,20)/t9-,11?/m1/s1.